The van der Waals surface area contributed by atoms with E-state index in [1.54, 1.807) is 6.92 Å². The smallest absolute Gasteiger partial charge is 0.320 e. The van der Waals surface area contributed by atoms with Crippen molar-refractivity contribution in [3.8, 4) is 0 Å². The maximum Gasteiger partial charge on any atom is 0.320 e. The quantitative estimate of drug-likeness (QED) is 0.441. The number of benzene rings is 1. The van der Waals surface area contributed by atoms with Crippen LogP contribution >= 0.6 is 0 Å². The fourth-order valence-corrected chi connectivity index (χ4v) is 1.55. The minimum atomic E-state index is -1.18. The summed E-state index contributed by atoms with van der Waals surface area (Å²) in [4.78, 5) is 22.3. The Kier molecular flexibility index (Phi) is 6.60. The zero-order valence-corrected chi connectivity index (χ0v) is 10.9. The molecule has 0 heterocycles. The molecule has 0 saturated heterocycles. The number of carbonyl (C=O) groups excluding carboxylic acids is 1. The number of hydrogen-bond donors (Lipinski definition) is 1. The summed E-state index contributed by atoms with van der Waals surface area (Å²) in [5, 5.41) is 8.93. The van der Waals surface area contributed by atoms with Gasteiger partial charge in [-0.3, -0.25) is 9.59 Å². The third-order valence-corrected chi connectivity index (χ3v) is 2.53. The highest BCUT2D eigenvalue weighted by atomic mass is 16.5. The van der Waals surface area contributed by atoms with Crippen LogP contribution in [0.4, 0.5) is 0 Å². The lowest BCUT2D eigenvalue weighted by Crippen LogP contribution is -2.27. The monoisotopic (exact) mass is 266 g/mol. The molecule has 1 aromatic rings. The molecule has 0 radical (unpaired) electrons. The molecule has 1 unspecified atom stereocenters. The van der Waals surface area contributed by atoms with Crippen LogP contribution < -0.4 is 0 Å². The van der Waals surface area contributed by atoms with Crippen LogP contribution in [0.2, 0.25) is 0 Å². The molecule has 1 atom stereocenters. The lowest BCUT2D eigenvalue weighted by atomic mass is 10.1. The molecule has 0 fully saturated rings. The van der Waals surface area contributed by atoms with Gasteiger partial charge in [0.15, 0.2) is 5.92 Å². The second-order valence-corrected chi connectivity index (χ2v) is 3.97. The maximum absolute atomic E-state index is 11.4. The van der Waals surface area contributed by atoms with Crippen LogP contribution in [-0.4, -0.2) is 30.3 Å². The van der Waals surface area contributed by atoms with Gasteiger partial charge in [-0.1, -0.05) is 30.3 Å². The van der Waals surface area contributed by atoms with Gasteiger partial charge in [0, 0.05) is 6.61 Å². The third-order valence-electron chi connectivity index (χ3n) is 2.53. The van der Waals surface area contributed by atoms with Gasteiger partial charge in [-0.05, 0) is 18.9 Å². The van der Waals surface area contributed by atoms with E-state index in [-0.39, 0.29) is 19.6 Å². The Morgan fingerprint density at radius 2 is 1.95 bits per heavy atom. The summed E-state index contributed by atoms with van der Waals surface area (Å²) in [5.74, 6) is -3.05. The first kappa shape index (κ1) is 15.2. The largest absolute Gasteiger partial charge is 0.481 e. The van der Waals surface area contributed by atoms with Crippen molar-refractivity contribution in [2.45, 2.75) is 20.0 Å². The molecular weight excluding hydrogens is 248 g/mol. The van der Waals surface area contributed by atoms with Gasteiger partial charge in [-0.25, -0.2) is 0 Å². The van der Waals surface area contributed by atoms with Crippen molar-refractivity contribution in [3.63, 3.8) is 0 Å². The van der Waals surface area contributed by atoms with Crippen LogP contribution in [0, 0.1) is 5.92 Å². The van der Waals surface area contributed by atoms with E-state index in [2.05, 4.69) is 0 Å². The maximum atomic E-state index is 11.4. The fraction of sp³-hybridized carbons (Fsp3) is 0.429. The highest BCUT2D eigenvalue weighted by Crippen LogP contribution is 2.08. The van der Waals surface area contributed by atoms with Gasteiger partial charge >= 0.3 is 11.9 Å². The predicted octanol–water partition coefficient (Wildman–Crippen LogP) is 1.86. The van der Waals surface area contributed by atoms with Gasteiger partial charge in [-0.2, -0.15) is 0 Å². The summed E-state index contributed by atoms with van der Waals surface area (Å²) in [7, 11) is 0. The molecular formula is C14H18O5. The molecule has 0 bridgehead atoms. The summed E-state index contributed by atoms with van der Waals surface area (Å²) >= 11 is 0. The van der Waals surface area contributed by atoms with E-state index in [1.165, 1.54) is 0 Å². The zero-order chi connectivity index (χ0) is 14.1. The summed E-state index contributed by atoms with van der Waals surface area (Å²) in [6.07, 6.45) is 0.112. The van der Waals surface area contributed by atoms with Crippen molar-refractivity contribution in [2.24, 2.45) is 5.92 Å². The standard InChI is InChI=1S/C14H18O5/c1-2-19-14(17)12(13(15)16)8-9-18-10-11-6-4-3-5-7-11/h3-7,12H,2,8-10H2,1H3,(H,15,16). The average Bonchev–Trinajstić information content (AvgIpc) is 2.39. The van der Waals surface area contributed by atoms with Crippen molar-refractivity contribution < 1.29 is 24.2 Å². The molecule has 5 nitrogen and oxygen atoms in total. The first-order chi connectivity index (χ1) is 9.15. The van der Waals surface area contributed by atoms with Crippen molar-refractivity contribution in [1.82, 2.24) is 0 Å². The number of rotatable bonds is 8. The van der Waals surface area contributed by atoms with E-state index in [0.717, 1.165) is 5.56 Å². The molecule has 0 spiro atoms. The number of carboxylic acid groups (broad SMARTS) is 1. The molecule has 5 heteroatoms. The van der Waals surface area contributed by atoms with Crippen molar-refractivity contribution in [2.75, 3.05) is 13.2 Å². The summed E-state index contributed by atoms with van der Waals surface area (Å²) in [6, 6.07) is 9.54. The van der Waals surface area contributed by atoms with Crippen LogP contribution in [0.5, 0.6) is 0 Å². The molecule has 1 aromatic carbocycles. The lowest BCUT2D eigenvalue weighted by Gasteiger charge is -2.11. The summed E-state index contributed by atoms with van der Waals surface area (Å²) in [6.45, 7) is 2.41. The first-order valence-electron chi connectivity index (χ1n) is 6.16. The molecule has 0 aliphatic carbocycles. The SMILES string of the molecule is CCOC(=O)C(CCOCc1ccccc1)C(=O)O. The van der Waals surface area contributed by atoms with Crippen LogP contribution in [-0.2, 0) is 25.7 Å². The Morgan fingerprint density at radius 3 is 2.53 bits per heavy atom. The molecule has 19 heavy (non-hydrogen) atoms. The van der Waals surface area contributed by atoms with Crippen LogP contribution in [0.25, 0.3) is 0 Å². The van der Waals surface area contributed by atoms with Gasteiger partial charge in [-0.15, -0.1) is 0 Å². The molecule has 0 aliphatic heterocycles. The molecule has 0 aromatic heterocycles. The van der Waals surface area contributed by atoms with Crippen molar-refractivity contribution in [3.05, 3.63) is 35.9 Å². The summed E-state index contributed by atoms with van der Waals surface area (Å²) in [5.41, 5.74) is 1.01. The molecule has 0 aliphatic rings. The predicted molar refractivity (Wildman–Crippen MR) is 68.5 cm³/mol. The first-order valence-corrected chi connectivity index (χ1v) is 6.16. The van der Waals surface area contributed by atoms with Gasteiger partial charge in [0.2, 0.25) is 0 Å². The normalized spacial score (nSPS) is 11.8. The number of carbonyl (C=O) groups is 2. The molecule has 0 saturated carbocycles. The molecule has 0 amide bonds. The Bertz CT molecular complexity index is 402. The Balaban J connectivity index is 2.33. The number of carboxylic acids is 1. The second-order valence-electron chi connectivity index (χ2n) is 3.97. The fourth-order valence-electron chi connectivity index (χ4n) is 1.55. The van der Waals surface area contributed by atoms with E-state index in [1.807, 2.05) is 30.3 Å². The van der Waals surface area contributed by atoms with Crippen LogP contribution in [0.1, 0.15) is 18.9 Å². The Hall–Kier alpha value is -1.88. The average molecular weight is 266 g/mol. The van der Waals surface area contributed by atoms with Gasteiger partial charge in [0.25, 0.3) is 0 Å². The number of ether oxygens (including phenoxy) is 2. The lowest BCUT2D eigenvalue weighted by molar-refractivity contribution is -0.159. The third kappa shape index (κ3) is 5.52. The van der Waals surface area contributed by atoms with E-state index < -0.39 is 17.9 Å². The molecule has 1 rings (SSSR count). The zero-order valence-electron chi connectivity index (χ0n) is 10.9. The summed E-state index contributed by atoms with van der Waals surface area (Å²) < 4.78 is 10.1. The van der Waals surface area contributed by atoms with Gasteiger partial charge in [0.05, 0.1) is 13.2 Å². The van der Waals surface area contributed by atoms with Gasteiger partial charge in [0.1, 0.15) is 0 Å². The second kappa shape index (κ2) is 8.26. The number of aliphatic carboxylic acids is 1. The highest BCUT2D eigenvalue weighted by molar-refractivity contribution is 5.93. The molecule has 1 N–H and O–H groups in total. The highest BCUT2D eigenvalue weighted by Gasteiger charge is 2.27. The minimum Gasteiger partial charge on any atom is -0.481 e. The van der Waals surface area contributed by atoms with Crippen LogP contribution in [0.15, 0.2) is 30.3 Å². The molecule has 104 valence electrons. The Morgan fingerprint density at radius 1 is 1.26 bits per heavy atom. The van der Waals surface area contributed by atoms with Crippen molar-refractivity contribution >= 4 is 11.9 Å². The minimum absolute atomic E-state index is 0.112. The van der Waals surface area contributed by atoms with E-state index >= 15 is 0 Å². The number of hydrogen-bond acceptors (Lipinski definition) is 4. The van der Waals surface area contributed by atoms with E-state index in [9.17, 15) is 9.59 Å². The van der Waals surface area contributed by atoms with E-state index in [0.29, 0.717) is 6.61 Å². The Labute approximate surface area is 112 Å². The van der Waals surface area contributed by atoms with Crippen molar-refractivity contribution in [1.29, 1.82) is 0 Å². The van der Waals surface area contributed by atoms with E-state index in [4.69, 9.17) is 14.6 Å². The number of esters is 1. The van der Waals surface area contributed by atoms with Crippen LogP contribution in [0.3, 0.4) is 0 Å². The van der Waals surface area contributed by atoms with Gasteiger partial charge < -0.3 is 14.6 Å². The topological polar surface area (TPSA) is 72.8 Å².